The standard InChI is InChI=1S/C28H39FN8O3S/c1-5-20-15-22(27-32-33-34-35(27)2)17-25(16-20)31-28(38)30-18-23-19-37(14-12-26(23)36(3)41(4,39)40)13-6-7-21-8-10-24(29)11-9-21/h8-11,15-17,23,26H,5-7,12-14,18-19H2,1-4H3,(H2,30,31,38)/t23-,26-/m1/s1. The van der Waals surface area contributed by atoms with Crippen LogP contribution >= 0.6 is 0 Å². The van der Waals surface area contributed by atoms with Gasteiger partial charge in [-0.2, -0.15) is 0 Å². The summed E-state index contributed by atoms with van der Waals surface area (Å²) in [6.07, 6.45) is 4.38. The Morgan fingerprint density at radius 2 is 1.93 bits per heavy atom. The van der Waals surface area contributed by atoms with Crippen LogP contribution in [-0.2, 0) is 29.9 Å². The number of hydrogen-bond acceptors (Lipinski definition) is 7. The van der Waals surface area contributed by atoms with Crippen LogP contribution in [0, 0.1) is 11.7 Å². The second kappa shape index (κ2) is 13.5. The van der Waals surface area contributed by atoms with Crippen molar-refractivity contribution in [3.05, 3.63) is 59.4 Å². The van der Waals surface area contributed by atoms with Crippen molar-refractivity contribution >= 4 is 21.7 Å². The van der Waals surface area contributed by atoms with Crippen molar-refractivity contribution in [3.8, 4) is 11.4 Å². The molecule has 0 unspecified atom stereocenters. The van der Waals surface area contributed by atoms with E-state index in [0.29, 0.717) is 31.0 Å². The molecule has 3 aromatic rings. The van der Waals surface area contributed by atoms with Crippen LogP contribution in [0.2, 0.25) is 0 Å². The van der Waals surface area contributed by atoms with Gasteiger partial charge in [-0.05, 0) is 90.7 Å². The molecule has 41 heavy (non-hydrogen) atoms. The number of nitrogens with zero attached hydrogens (tertiary/aromatic N) is 6. The number of tetrazole rings is 1. The lowest BCUT2D eigenvalue weighted by Gasteiger charge is -2.42. The summed E-state index contributed by atoms with van der Waals surface area (Å²) in [6, 6.07) is 11.7. The van der Waals surface area contributed by atoms with Crippen molar-refractivity contribution < 1.29 is 17.6 Å². The first-order valence-corrected chi connectivity index (χ1v) is 15.7. The summed E-state index contributed by atoms with van der Waals surface area (Å²) in [5.74, 6) is 0.255. The van der Waals surface area contributed by atoms with E-state index in [2.05, 4.69) is 31.1 Å². The summed E-state index contributed by atoms with van der Waals surface area (Å²) < 4.78 is 41.0. The summed E-state index contributed by atoms with van der Waals surface area (Å²) in [4.78, 5) is 15.3. The Kier molecular flexibility index (Phi) is 10.1. The van der Waals surface area contributed by atoms with Gasteiger partial charge < -0.3 is 15.5 Å². The first kappa shape index (κ1) is 30.5. The highest BCUT2D eigenvalue weighted by Crippen LogP contribution is 2.25. The molecule has 1 fully saturated rings. The number of halogens is 1. The van der Waals surface area contributed by atoms with E-state index in [-0.39, 0.29) is 23.8 Å². The molecular formula is C28H39FN8O3S. The molecule has 13 heteroatoms. The lowest BCUT2D eigenvalue weighted by atomic mass is 9.91. The number of anilines is 1. The molecule has 2 aromatic carbocycles. The van der Waals surface area contributed by atoms with Gasteiger partial charge in [0.25, 0.3) is 0 Å². The molecule has 2 atom stereocenters. The maximum absolute atomic E-state index is 13.2. The molecule has 2 amide bonds. The second-order valence-corrected chi connectivity index (χ2v) is 12.7. The molecule has 1 aliphatic heterocycles. The van der Waals surface area contributed by atoms with E-state index in [1.165, 1.54) is 22.7 Å². The number of carbonyl (C=O) groups excluding carboxylic acids is 1. The van der Waals surface area contributed by atoms with E-state index in [9.17, 15) is 17.6 Å². The fourth-order valence-corrected chi connectivity index (χ4v) is 6.12. The van der Waals surface area contributed by atoms with Crippen molar-refractivity contribution in [1.29, 1.82) is 0 Å². The van der Waals surface area contributed by atoms with Crippen molar-refractivity contribution in [1.82, 2.24) is 34.7 Å². The Morgan fingerprint density at radius 1 is 1.17 bits per heavy atom. The minimum atomic E-state index is -3.40. The Hall–Kier alpha value is -3.42. The number of rotatable bonds is 11. The SMILES string of the molecule is CCc1cc(NC(=O)NC[C@@H]2CN(CCCc3ccc(F)cc3)CC[C@H]2N(C)S(C)(=O)=O)cc(-c2nnnn2C)c1. The molecule has 0 saturated carbocycles. The molecule has 11 nitrogen and oxygen atoms in total. The zero-order chi connectivity index (χ0) is 29.6. The maximum atomic E-state index is 13.2. The Morgan fingerprint density at radius 3 is 2.59 bits per heavy atom. The molecule has 0 spiro atoms. The highest BCUT2D eigenvalue weighted by atomic mass is 32.2. The monoisotopic (exact) mass is 586 g/mol. The van der Waals surface area contributed by atoms with Crippen LogP contribution in [0.3, 0.4) is 0 Å². The minimum absolute atomic E-state index is 0.0951. The van der Waals surface area contributed by atoms with Crippen molar-refractivity contribution in [3.63, 3.8) is 0 Å². The average Bonchev–Trinajstić information content (AvgIpc) is 3.37. The van der Waals surface area contributed by atoms with Crippen LogP contribution in [0.5, 0.6) is 0 Å². The molecule has 0 bridgehead atoms. The van der Waals surface area contributed by atoms with Crippen LogP contribution in [-0.4, -0.2) is 89.4 Å². The van der Waals surface area contributed by atoms with Gasteiger partial charge in [0, 0.05) is 50.4 Å². The maximum Gasteiger partial charge on any atom is 0.319 e. The van der Waals surface area contributed by atoms with Crippen molar-refractivity contribution in [2.24, 2.45) is 13.0 Å². The fraction of sp³-hybridized carbons (Fsp3) is 0.500. The number of piperidine rings is 1. The summed E-state index contributed by atoms with van der Waals surface area (Å²) in [5.41, 5.74) is 3.53. The number of aromatic nitrogens is 4. The normalized spacial score (nSPS) is 18.0. The number of carbonyl (C=O) groups is 1. The Bertz CT molecular complexity index is 1430. The van der Waals surface area contributed by atoms with E-state index < -0.39 is 10.0 Å². The highest BCUT2D eigenvalue weighted by Gasteiger charge is 2.35. The van der Waals surface area contributed by atoms with Gasteiger partial charge in [-0.25, -0.2) is 26.6 Å². The van der Waals surface area contributed by atoms with Gasteiger partial charge in [0.2, 0.25) is 10.0 Å². The van der Waals surface area contributed by atoms with Crippen LogP contribution < -0.4 is 10.6 Å². The summed E-state index contributed by atoms with van der Waals surface area (Å²) in [5, 5.41) is 17.6. The molecule has 4 rings (SSSR count). The van der Waals surface area contributed by atoms with Gasteiger partial charge in [-0.3, -0.25) is 0 Å². The van der Waals surface area contributed by atoms with Crippen molar-refractivity contribution in [2.45, 2.75) is 38.6 Å². The van der Waals surface area contributed by atoms with Gasteiger partial charge in [0.1, 0.15) is 5.82 Å². The number of amides is 2. The van der Waals surface area contributed by atoms with Crippen LogP contribution in [0.1, 0.15) is 30.9 Å². The quantitative estimate of drug-likeness (QED) is 0.354. The number of urea groups is 1. The van der Waals surface area contributed by atoms with Gasteiger partial charge in [-0.15, -0.1) is 5.10 Å². The van der Waals surface area contributed by atoms with E-state index in [1.807, 2.05) is 25.1 Å². The minimum Gasteiger partial charge on any atom is -0.337 e. The van der Waals surface area contributed by atoms with E-state index in [4.69, 9.17) is 0 Å². The number of hydrogen-bond donors (Lipinski definition) is 2. The Balaban J connectivity index is 1.39. The summed E-state index contributed by atoms with van der Waals surface area (Å²) in [7, 11) is -0.0309. The predicted molar refractivity (Wildman–Crippen MR) is 156 cm³/mol. The molecule has 222 valence electrons. The average molecular weight is 587 g/mol. The first-order chi connectivity index (χ1) is 19.5. The molecule has 2 heterocycles. The Labute approximate surface area is 241 Å². The number of benzene rings is 2. The number of sulfonamides is 1. The third-order valence-electron chi connectivity index (χ3n) is 7.68. The van der Waals surface area contributed by atoms with Crippen LogP contribution in [0.15, 0.2) is 42.5 Å². The molecule has 2 N–H and O–H groups in total. The number of likely N-dealkylation sites (tertiary alicyclic amines) is 1. The summed E-state index contributed by atoms with van der Waals surface area (Å²) in [6.45, 7) is 4.60. The largest absolute Gasteiger partial charge is 0.337 e. The first-order valence-electron chi connectivity index (χ1n) is 13.8. The predicted octanol–water partition coefficient (Wildman–Crippen LogP) is 2.91. The zero-order valence-electron chi connectivity index (χ0n) is 24.0. The van der Waals surface area contributed by atoms with E-state index >= 15 is 0 Å². The molecule has 1 saturated heterocycles. The molecule has 1 aliphatic rings. The van der Waals surface area contributed by atoms with Crippen LogP contribution in [0.4, 0.5) is 14.9 Å². The zero-order valence-corrected chi connectivity index (χ0v) is 24.9. The van der Waals surface area contributed by atoms with Gasteiger partial charge in [-0.1, -0.05) is 19.1 Å². The van der Waals surface area contributed by atoms with Crippen LogP contribution in [0.25, 0.3) is 11.4 Å². The molecular weight excluding hydrogens is 547 g/mol. The summed E-state index contributed by atoms with van der Waals surface area (Å²) >= 11 is 0. The number of nitrogens with one attached hydrogen (secondary N) is 2. The van der Waals surface area contributed by atoms with Crippen molar-refractivity contribution in [2.75, 3.05) is 44.8 Å². The lowest BCUT2D eigenvalue weighted by Crippen LogP contribution is -2.54. The van der Waals surface area contributed by atoms with Gasteiger partial charge in [0.15, 0.2) is 5.82 Å². The second-order valence-electron chi connectivity index (χ2n) is 10.7. The van der Waals surface area contributed by atoms with E-state index in [0.717, 1.165) is 49.0 Å². The third-order valence-corrected chi connectivity index (χ3v) is 9.00. The fourth-order valence-electron chi connectivity index (χ4n) is 5.35. The molecule has 1 aromatic heterocycles. The third kappa shape index (κ3) is 8.30. The number of aryl methyl sites for hydroxylation is 3. The smallest absolute Gasteiger partial charge is 0.319 e. The highest BCUT2D eigenvalue weighted by molar-refractivity contribution is 7.88. The topological polar surface area (TPSA) is 125 Å². The van der Waals surface area contributed by atoms with Gasteiger partial charge in [0.05, 0.1) is 6.26 Å². The van der Waals surface area contributed by atoms with Gasteiger partial charge >= 0.3 is 6.03 Å². The van der Waals surface area contributed by atoms with E-state index in [1.54, 1.807) is 30.9 Å². The molecule has 0 aliphatic carbocycles. The molecule has 0 radical (unpaired) electrons. The lowest BCUT2D eigenvalue weighted by molar-refractivity contribution is 0.108.